The zero-order valence-electron chi connectivity index (χ0n) is 11.2. The minimum absolute atomic E-state index is 0.201. The smallest absolute Gasteiger partial charge is 0.124 e. The van der Waals surface area contributed by atoms with Gasteiger partial charge in [0.1, 0.15) is 10.8 Å². The van der Waals surface area contributed by atoms with Gasteiger partial charge in [-0.15, -0.1) is 0 Å². The number of benzene rings is 1. The first kappa shape index (κ1) is 14.4. The monoisotopic (exact) mass is 282 g/mol. The lowest BCUT2D eigenvalue weighted by atomic mass is 10.1. The second-order valence-electron chi connectivity index (χ2n) is 5.16. The molecule has 2 atom stereocenters. The Balaban J connectivity index is 2.12. The minimum atomic E-state index is -0.297. The lowest BCUT2D eigenvalue weighted by Gasteiger charge is -2.35. The Morgan fingerprint density at radius 3 is 2.58 bits per heavy atom. The molecule has 0 aromatic heterocycles. The Kier molecular flexibility index (Phi) is 4.50. The third-order valence-electron chi connectivity index (χ3n) is 3.14. The van der Waals surface area contributed by atoms with Gasteiger partial charge in [-0.1, -0.05) is 12.2 Å². The van der Waals surface area contributed by atoms with E-state index in [0.29, 0.717) is 12.1 Å². The van der Waals surface area contributed by atoms with Crippen LogP contribution in [0.2, 0.25) is 0 Å². The highest BCUT2D eigenvalue weighted by Gasteiger charge is 2.22. The molecular weight excluding hydrogens is 263 g/mol. The summed E-state index contributed by atoms with van der Waals surface area (Å²) in [7, 11) is 0. The van der Waals surface area contributed by atoms with E-state index < -0.39 is 0 Å². The number of morpholine rings is 1. The molecule has 0 saturated carbocycles. The number of nitrogens with two attached hydrogens (primary N) is 1. The number of nitrogens with zero attached hydrogens (tertiary/aromatic N) is 1. The third-order valence-corrected chi connectivity index (χ3v) is 3.38. The zero-order valence-corrected chi connectivity index (χ0v) is 12.0. The van der Waals surface area contributed by atoms with Crippen LogP contribution in [-0.4, -0.2) is 35.2 Å². The average molecular weight is 282 g/mol. The van der Waals surface area contributed by atoms with Gasteiger partial charge >= 0.3 is 0 Å². The van der Waals surface area contributed by atoms with Gasteiger partial charge in [-0.3, -0.25) is 4.90 Å². The zero-order chi connectivity index (χ0) is 14.0. The van der Waals surface area contributed by atoms with E-state index in [1.807, 2.05) is 6.07 Å². The molecule has 0 amide bonds. The topological polar surface area (TPSA) is 38.5 Å². The van der Waals surface area contributed by atoms with Crippen LogP contribution in [0.3, 0.4) is 0 Å². The second-order valence-corrected chi connectivity index (χ2v) is 5.60. The highest BCUT2D eigenvalue weighted by atomic mass is 32.1. The molecule has 0 radical (unpaired) electrons. The lowest BCUT2D eigenvalue weighted by molar-refractivity contribution is -0.0705. The van der Waals surface area contributed by atoms with Gasteiger partial charge in [0, 0.05) is 25.2 Å². The van der Waals surface area contributed by atoms with Crippen molar-refractivity contribution in [2.75, 3.05) is 13.1 Å². The van der Waals surface area contributed by atoms with Crippen molar-refractivity contribution in [3.05, 3.63) is 35.1 Å². The van der Waals surface area contributed by atoms with Crippen molar-refractivity contribution in [2.45, 2.75) is 32.6 Å². The van der Waals surface area contributed by atoms with Gasteiger partial charge < -0.3 is 10.5 Å². The van der Waals surface area contributed by atoms with Crippen LogP contribution < -0.4 is 5.73 Å². The van der Waals surface area contributed by atoms with Gasteiger partial charge in [0.05, 0.1) is 12.2 Å². The Morgan fingerprint density at radius 2 is 2.00 bits per heavy atom. The van der Waals surface area contributed by atoms with Crippen LogP contribution in [0.1, 0.15) is 25.0 Å². The van der Waals surface area contributed by atoms with Gasteiger partial charge in [0.25, 0.3) is 0 Å². The first-order chi connectivity index (χ1) is 8.94. The van der Waals surface area contributed by atoms with E-state index >= 15 is 0 Å². The predicted octanol–water partition coefficient (Wildman–Crippen LogP) is 2.07. The van der Waals surface area contributed by atoms with E-state index in [9.17, 15) is 4.39 Å². The number of thiocarbonyl (C=S) groups is 1. The van der Waals surface area contributed by atoms with Gasteiger partial charge in [-0.05, 0) is 37.6 Å². The summed E-state index contributed by atoms with van der Waals surface area (Å²) in [5.41, 5.74) is 7.04. The van der Waals surface area contributed by atoms with Crippen molar-refractivity contribution in [3.8, 4) is 0 Å². The Labute approximate surface area is 118 Å². The van der Waals surface area contributed by atoms with E-state index in [0.717, 1.165) is 18.7 Å². The van der Waals surface area contributed by atoms with Gasteiger partial charge in [-0.2, -0.15) is 0 Å². The summed E-state index contributed by atoms with van der Waals surface area (Å²) >= 11 is 4.90. The number of hydrogen-bond donors (Lipinski definition) is 1. The molecule has 1 aliphatic heterocycles. The molecule has 0 bridgehead atoms. The maximum Gasteiger partial charge on any atom is 0.124 e. The van der Waals surface area contributed by atoms with Crippen LogP contribution >= 0.6 is 12.2 Å². The molecule has 1 saturated heterocycles. The normalized spacial score (nSPS) is 24.4. The molecule has 2 rings (SSSR count). The quantitative estimate of drug-likeness (QED) is 0.861. The second kappa shape index (κ2) is 5.94. The molecule has 5 heteroatoms. The molecule has 0 aliphatic carbocycles. The number of rotatable bonds is 3. The number of hydrogen-bond acceptors (Lipinski definition) is 3. The summed E-state index contributed by atoms with van der Waals surface area (Å²) < 4.78 is 19.2. The van der Waals surface area contributed by atoms with Crippen molar-refractivity contribution in [2.24, 2.45) is 5.73 Å². The summed E-state index contributed by atoms with van der Waals surface area (Å²) in [4.78, 5) is 2.49. The minimum Gasteiger partial charge on any atom is -0.389 e. The molecule has 1 aliphatic rings. The van der Waals surface area contributed by atoms with E-state index in [-0.39, 0.29) is 23.0 Å². The molecule has 1 fully saturated rings. The Bertz CT molecular complexity index is 471. The van der Waals surface area contributed by atoms with Gasteiger partial charge in [0.2, 0.25) is 0 Å². The first-order valence-electron chi connectivity index (χ1n) is 6.41. The Hall–Kier alpha value is -1.04. The molecule has 0 spiro atoms. The highest BCUT2D eigenvalue weighted by Crippen LogP contribution is 2.16. The summed E-state index contributed by atoms with van der Waals surface area (Å²) in [6.45, 7) is 6.49. The lowest BCUT2D eigenvalue weighted by Crippen LogP contribution is -2.44. The van der Waals surface area contributed by atoms with E-state index in [1.165, 1.54) is 12.1 Å². The van der Waals surface area contributed by atoms with E-state index in [2.05, 4.69) is 18.7 Å². The number of ether oxygens (including phenoxy) is 1. The number of halogens is 1. The standard InChI is InChI=1S/C14H19FN2OS/c1-9-6-17(7-10(2)18-9)8-11-3-12(14(16)19)5-13(15)4-11/h3-5,9-10H,6-8H2,1-2H3,(H2,16,19)/t9-,10+. The highest BCUT2D eigenvalue weighted by molar-refractivity contribution is 7.80. The van der Waals surface area contributed by atoms with Crippen molar-refractivity contribution < 1.29 is 9.13 Å². The predicted molar refractivity (Wildman–Crippen MR) is 77.6 cm³/mol. The van der Waals surface area contributed by atoms with Gasteiger partial charge in [-0.25, -0.2) is 4.39 Å². The van der Waals surface area contributed by atoms with E-state index in [1.54, 1.807) is 0 Å². The summed E-state index contributed by atoms with van der Waals surface area (Å²) in [5.74, 6) is -0.297. The fourth-order valence-corrected chi connectivity index (χ4v) is 2.67. The molecule has 19 heavy (non-hydrogen) atoms. The van der Waals surface area contributed by atoms with Crippen molar-refractivity contribution in [3.63, 3.8) is 0 Å². The molecule has 0 unspecified atom stereocenters. The molecule has 2 N–H and O–H groups in total. The van der Waals surface area contributed by atoms with Crippen LogP contribution in [0, 0.1) is 5.82 Å². The van der Waals surface area contributed by atoms with Crippen molar-refractivity contribution in [1.82, 2.24) is 4.90 Å². The fraction of sp³-hybridized carbons (Fsp3) is 0.500. The molecule has 1 aromatic rings. The fourth-order valence-electron chi connectivity index (χ4n) is 2.56. The SMILES string of the molecule is C[C@@H]1CN(Cc2cc(F)cc(C(N)=S)c2)C[C@H](C)O1. The first-order valence-corrected chi connectivity index (χ1v) is 6.82. The van der Waals surface area contributed by atoms with Crippen molar-refractivity contribution in [1.29, 1.82) is 0 Å². The van der Waals surface area contributed by atoms with Crippen LogP contribution in [0.4, 0.5) is 4.39 Å². The summed E-state index contributed by atoms with van der Waals surface area (Å²) in [6, 6.07) is 4.76. The molecular formula is C14H19FN2OS. The van der Waals surface area contributed by atoms with E-state index in [4.69, 9.17) is 22.7 Å². The van der Waals surface area contributed by atoms with Crippen LogP contribution in [0.15, 0.2) is 18.2 Å². The van der Waals surface area contributed by atoms with Crippen molar-refractivity contribution >= 4 is 17.2 Å². The molecule has 3 nitrogen and oxygen atoms in total. The summed E-state index contributed by atoms with van der Waals surface area (Å²) in [6.07, 6.45) is 0.403. The third kappa shape index (κ3) is 3.96. The maximum atomic E-state index is 13.5. The van der Waals surface area contributed by atoms with Crippen LogP contribution in [0.25, 0.3) is 0 Å². The molecule has 1 aromatic carbocycles. The maximum absolute atomic E-state index is 13.5. The Morgan fingerprint density at radius 1 is 1.37 bits per heavy atom. The van der Waals surface area contributed by atoms with Crippen LogP contribution in [-0.2, 0) is 11.3 Å². The van der Waals surface area contributed by atoms with Gasteiger partial charge in [0.15, 0.2) is 0 Å². The average Bonchev–Trinajstić information content (AvgIpc) is 2.26. The van der Waals surface area contributed by atoms with Crippen LogP contribution in [0.5, 0.6) is 0 Å². The largest absolute Gasteiger partial charge is 0.389 e. The molecule has 104 valence electrons. The molecule has 1 heterocycles. The summed E-state index contributed by atoms with van der Waals surface area (Å²) in [5, 5.41) is 0.